The lowest BCUT2D eigenvalue weighted by Crippen LogP contribution is -2.05. The Balaban J connectivity index is 1.81. The van der Waals surface area contributed by atoms with E-state index >= 15 is 0 Å². The number of rotatable bonds is 2. The van der Waals surface area contributed by atoms with Crippen LogP contribution in [-0.4, -0.2) is 0 Å². The van der Waals surface area contributed by atoms with Crippen LogP contribution in [0.15, 0.2) is 24.3 Å². The molecule has 0 bridgehead atoms. The highest BCUT2D eigenvalue weighted by Crippen LogP contribution is 2.29. The third-order valence-corrected chi connectivity index (χ3v) is 3.07. The van der Waals surface area contributed by atoms with Gasteiger partial charge in [-0.25, -0.2) is 0 Å². The molecule has 0 N–H and O–H groups in total. The van der Waals surface area contributed by atoms with Crippen molar-refractivity contribution in [2.75, 3.05) is 0 Å². The summed E-state index contributed by atoms with van der Waals surface area (Å²) in [6.07, 6.45) is 17.9. The molecule has 0 heterocycles. The van der Waals surface area contributed by atoms with Gasteiger partial charge >= 0.3 is 0 Å². The number of hydrogen-bond donors (Lipinski definition) is 0. The van der Waals surface area contributed by atoms with Crippen LogP contribution in [0.4, 0.5) is 0 Å². The van der Waals surface area contributed by atoms with Crippen LogP contribution in [0.25, 0.3) is 0 Å². The molecule has 2 aliphatic rings. The van der Waals surface area contributed by atoms with Crippen molar-refractivity contribution in [3.05, 3.63) is 24.3 Å². The van der Waals surface area contributed by atoms with E-state index < -0.39 is 0 Å². The van der Waals surface area contributed by atoms with Crippen molar-refractivity contribution in [1.82, 2.24) is 0 Å². The average Bonchev–Trinajstić information content (AvgIpc) is 2.59. The van der Waals surface area contributed by atoms with Gasteiger partial charge in [-0.2, -0.15) is 0 Å². The predicted molar refractivity (Wildman–Crippen MR) is 53.0 cm³/mol. The van der Waals surface area contributed by atoms with Crippen LogP contribution < -0.4 is 0 Å². The fourth-order valence-electron chi connectivity index (χ4n) is 2.36. The Hall–Kier alpha value is -0.520. The van der Waals surface area contributed by atoms with Gasteiger partial charge in [-0.3, -0.25) is 0 Å². The molecule has 0 aromatic rings. The highest BCUT2D eigenvalue weighted by molar-refractivity contribution is 5.00. The van der Waals surface area contributed by atoms with E-state index in [-0.39, 0.29) is 0 Å². The summed E-state index contributed by atoms with van der Waals surface area (Å²) in [5, 5.41) is 0. The normalized spacial score (nSPS) is 34.3. The number of hydrogen-bond acceptors (Lipinski definition) is 0. The maximum atomic E-state index is 2.44. The van der Waals surface area contributed by atoms with Gasteiger partial charge in [-0.05, 0) is 50.4 Å². The Bertz CT molecular complexity index is 188. The van der Waals surface area contributed by atoms with Crippen LogP contribution in [0.3, 0.4) is 0 Å². The van der Waals surface area contributed by atoms with Gasteiger partial charge in [0, 0.05) is 0 Å². The molecule has 0 aromatic heterocycles. The highest BCUT2D eigenvalue weighted by atomic mass is 14.2. The van der Waals surface area contributed by atoms with E-state index in [1.54, 1.807) is 0 Å². The Morgan fingerprint density at radius 1 is 0.917 bits per heavy atom. The van der Waals surface area contributed by atoms with Gasteiger partial charge < -0.3 is 0 Å². The van der Waals surface area contributed by atoms with E-state index in [0.29, 0.717) is 0 Å². The lowest BCUT2D eigenvalue weighted by atomic mass is 9.87. The van der Waals surface area contributed by atoms with Crippen LogP contribution in [-0.2, 0) is 0 Å². The smallest absolute Gasteiger partial charge is 0.0225 e. The third-order valence-electron chi connectivity index (χ3n) is 3.07. The van der Waals surface area contributed by atoms with Crippen molar-refractivity contribution < 1.29 is 0 Å². The van der Waals surface area contributed by atoms with Gasteiger partial charge in [0.2, 0.25) is 0 Å². The van der Waals surface area contributed by atoms with E-state index in [1.807, 2.05) is 0 Å². The van der Waals surface area contributed by atoms with Crippen molar-refractivity contribution in [2.24, 2.45) is 11.8 Å². The molecule has 12 heavy (non-hydrogen) atoms. The second kappa shape index (κ2) is 3.93. The molecule has 2 aliphatic carbocycles. The molecule has 2 rings (SSSR count). The van der Waals surface area contributed by atoms with Gasteiger partial charge in [-0.1, -0.05) is 24.3 Å². The Morgan fingerprint density at radius 2 is 1.67 bits per heavy atom. The molecule has 0 aliphatic heterocycles. The van der Waals surface area contributed by atoms with E-state index in [2.05, 4.69) is 24.3 Å². The first-order valence-corrected chi connectivity index (χ1v) is 5.28. The predicted octanol–water partition coefficient (Wildman–Crippen LogP) is 3.70. The fourth-order valence-corrected chi connectivity index (χ4v) is 2.36. The topological polar surface area (TPSA) is 0 Å². The van der Waals surface area contributed by atoms with Gasteiger partial charge in [0.15, 0.2) is 0 Å². The summed E-state index contributed by atoms with van der Waals surface area (Å²) in [6, 6.07) is 0. The molecule has 66 valence electrons. The Kier molecular flexibility index (Phi) is 2.65. The summed E-state index contributed by atoms with van der Waals surface area (Å²) in [6.45, 7) is 0. The fraction of sp³-hybridized carbons (Fsp3) is 0.667. The van der Waals surface area contributed by atoms with Crippen LogP contribution in [0.5, 0.6) is 0 Å². The SMILES string of the molecule is C1=CC(CC2C=CCC2)CCC1. The Morgan fingerprint density at radius 3 is 2.33 bits per heavy atom. The largest absolute Gasteiger partial charge is 0.0883 e. The maximum Gasteiger partial charge on any atom is -0.0225 e. The molecule has 2 unspecified atom stereocenters. The van der Waals surface area contributed by atoms with Crippen LogP contribution in [0, 0.1) is 11.8 Å². The first-order chi connectivity index (χ1) is 5.95. The molecular weight excluding hydrogens is 144 g/mol. The van der Waals surface area contributed by atoms with Crippen LogP contribution in [0.1, 0.15) is 38.5 Å². The van der Waals surface area contributed by atoms with Gasteiger partial charge in [0.25, 0.3) is 0 Å². The van der Waals surface area contributed by atoms with Gasteiger partial charge in [-0.15, -0.1) is 0 Å². The maximum absolute atomic E-state index is 2.44. The standard InChI is InChI=1S/C12H18/c1-2-6-11(7-3-1)10-12-8-4-5-9-12/h2,4,6,8,11-12H,1,3,5,7,9-10H2. The molecular formula is C12H18. The van der Waals surface area contributed by atoms with Gasteiger partial charge in [0.05, 0.1) is 0 Å². The minimum absolute atomic E-state index is 0.895. The first-order valence-electron chi connectivity index (χ1n) is 5.28. The molecule has 0 fully saturated rings. The minimum Gasteiger partial charge on any atom is -0.0883 e. The molecule has 0 saturated carbocycles. The molecule has 0 heteroatoms. The second-order valence-corrected chi connectivity index (χ2v) is 4.12. The van der Waals surface area contributed by atoms with Crippen molar-refractivity contribution in [2.45, 2.75) is 38.5 Å². The van der Waals surface area contributed by atoms with E-state index in [9.17, 15) is 0 Å². The lowest BCUT2D eigenvalue weighted by Gasteiger charge is -2.18. The molecule has 0 amide bonds. The summed E-state index contributed by atoms with van der Waals surface area (Å²) in [5.41, 5.74) is 0. The summed E-state index contributed by atoms with van der Waals surface area (Å²) >= 11 is 0. The summed E-state index contributed by atoms with van der Waals surface area (Å²) < 4.78 is 0. The number of allylic oxidation sites excluding steroid dienone is 4. The quantitative estimate of drug-likeness (QED) is 0.543. The minimum atomic E-state index is 0.895. The average molecular weight is 162 g/mol. The summed E-state index contributed by atoms with van der Waals surface area (Å²) in [4.78, 5) is 0. The van der Waals surface area contributed by atoms with Crippen molar-refractivity contribution in [3.8, 4) is 0 Å². The second-order valence-electron chi connectivity index (χ2n) is 4.12. The highest BCUT2D eigenvalue weighted by Gasteiger charge is 2.15. The summed E-state index contributed by atoms with van der Waals surface area (Å²) in [7, 11) is 0. The van der Waals surface area contributed by atoms with Crippen molar-refractivity contribution >= 4 is 0 Å². The monoisotopic (exact) mass is 162 g/mol. The molecule has 0 nitrogen and oxygen atoms in total. The zero-order valence-corrected chi connectivity index (χ0v) is 7.71. The third kappa shape index (κ3) is 2.00. The molecule has 0 spiro atoms. The molecule has 0 aromatic carbocycles. The lowest BCUT2D eigenvalue weighted by molar-refractivity contribution is 0.432. The van der Waals surface area contributed by atoms with Crippen molar-refractivity contribution in [1.29, 1.82) is 0 Å². The molecule has 0 radical (unpaired) electrons. The Labute approximate surface area is 75.4 Å². The zero-order chi connectivity index (χ0) is 8.23. The van der Waals surface area contributed by atoms with E-state index in [1.165, 1.54) is 38.5 Å². The van der Waals surface area contributed by atoms with Crippen molar-refractivity contribution in [3.63, 3.8) is 0 Å². The molecule has 2 atom stereocenters. The van der Waals surface area contributed by atoms with Crippen LogP contribution in [0.2, 0.25) is 0 Å². The van der Waals surface area contributed by atoms with E-state index in [0.717, 1.165) is 11.8 Å². The van der Waals surface area contributed by atoms with E-state index in [4.69, 9.17) is 0 Å². The summed E-state index contributed by atoms with van der Waals surface area (Å²) in [5.74, 6) is 1.80. The van der Waals surface area contributed by atoms with Crippen LogP contribution >= 0.6 is 0 Å². The van der Waals surface area contributed by atoms with Gasteiger partial charge in [0.1, 0.15) is 0 Å². The molecule has 0 saturated heterocycles. The zero-order valence-electron chi connectivity index (χ0n) is 7.71. The first kappa shape index (κ1) is 8.10.